The Labute approximate surface area is 167 Å². The molecule has 1 amide bonds. The maximum atomic E-state index is 12.3. The Morgan fingerprint density at radius 1 is 1.07 bits per heavy atom. The average Bonchev–Trinajstić information content (AvgIpc) is 3.22. The first-order chi connectivity index (χ1) is 13.5. The number of nitrogens with one attached hydrogen (secondary N) is 1. The molecule has 0 radical (unpaired) electrons. The van der Waals surface area contributed by atoms with Crippen LogP contribution in [0.25, 0.3) is 0 Å². The quantitative estimate of drug-likeness (QED) is 0.459. The lowest BCUT2D eigenvalue weighted by molar-refractivity contribution is 0.0450. The third-order valence-corrected chi connectivity index (χ3v) is 4.08. The number of halogens is 1. The van der Waals surface area contributed by atoms with E-state index in [4.69, 9.17) is 25.5 Å². The Morgan fingerprint density at radius 3 is 2.68 bits per heavy atom. The van der Waals surface area contributed by atoms with Crippen LogP contribution in [0.4, 0.5) is 5.69 Å². The number of anilines is 1. The Morgan fingerprint density at radius 2 is 1.93 bits per heavy atom. The van der Waals surface area contributed by atoms with Crippen molar-refractivity contribution < 1.29 is 23.5 Å². The van der Waals surface area contributed by atoms with Gasteiger partial charge in [-0.25, -0.2) is 4.79 Å². The van der Waals surface area contributed by atoms with E-state index in [1.807, 2.05) is 6.92 Å². The second kappa shape index (κ2) is 9.10. The highest BCUT2D eigenvalue weighted by molar-refractivity contribution is 6.30. The van der Waals surface area contributed by atoms with Crippen molar-refractivity contribution in [2.45, 2.75) is 6.92 Å². The van der Waals surface area contributed by atoms with Crippen molar-refractivity contribution in [1.29, 1.82) is 0 Å². The van der Waals surface area contributed by atoms with Crippen LogP contribution in [0, 0.1) is 6.92 Å². The zero-order valence-electron chi connectivity index (χ0n) is 15.1. The van der Waals surface area contributed by atoms with Crippen molar-refractivity contribution in [2.75, 3.05) is 18.5 Å². The van der Waals surface area contributed by atoms with Crippen LogP contribution in [0.3, 0.4) is 0 Å². The third-order valence-electron chi connectivity index (χ3n) is 3.85. The maximum absolute atomic E-state index is 12.3. The molecule has 0 fully saturated rings. The van der Waals surface area contributed by atoms with E-state index in [-0.39, 0.29) is 19.0 Å². The number of carbonyl (C=O) groups is 2. The minimum Gasteiger partial charge on any atom is -0.490 e. The fourth-order valence-electron chi connectivity index (χ4n) is 2.41. The van der Waals surface area contributed by atoms with E-state index in [1.54, 1.807) is 54.6 Å². The first-order valence-corrected chi connectivity index (χ1v) is 8.92. The van der Waals surface area contributed by atoms with Gasteiger partial charge in [-0.05, 0) is 55.0 Å². The monoisotopic (exact) mass is 399 g/mol. The molecular weight excluding hydrogens is 382 g/mol. The molecule has 0 saturated carbocycles. The topological polar surface area (TPSA) is 77.8 Å². The molecule has 0 spiro atoms. The number of benzene rings is 2. The summed E-state index contributed by atoms with van der Waals surface area (Å²) in [6.07, 6.45) is 1.42. The number of esters is 1. The molecule has 3 aromatic rings. The molecule has 3 rings (SSSR count). The Balaban J connectivity index is 1.55. The first-order valence-electron chi connectivity index (χ1n) is 8.54. The molecular formula is C21H18ClNO5. The number of furan rings is 1. The lowest BCUT2D eigenvalue weighted by atomic mass is 10.1. The second-order valence-corrected chi connectivity index (χ2v) is 6.34. The van der Waals surface area contributed by atoms with Crippen molar-refractivity contribution in [1.82, 2.24) is 0 Å². The summed E-state index contributed by atoms with van der Waals surface area (Å²) in [5, 5.41) is 3.29. The number of ether oxygens (including phenoxy) is 2. The van der Waals surface area contributed by atoms with Crippen molar-refractivity contribution in [2.24, 2.45) is 0 Å². The predicted molar refractivity (Wildman–Crippen MR) is 105 cm³/mol. The van der Waals surface area contributed by atoms with Crippen molar-refractivity contribution >= 4 is 29.2 Å². The van der Waals surface area contributed by atoms with Gasteiger partial charge in [-0.15, -0.1) is 0 Å². The van der Waals surface area contributed by atoms with Gasteiger partial charge in [-0.3, -0.25) is 4.79 Å². The third kappa shape index (κ3) is 5.14. The second-order valence-electron chi connectivity index (χ2n) is 5.90. The van der Waals surface area contributed by atoms with E-state index in [0.29, 0.717) is 22.0 Å². The molecule has 6 nitrogen and oxygen atoms in total. The summed E-state index contributed by atoms with van der Waals surface area (Å²) in [7, 11) is 0. The highest BCUT2D eigenvalue weighted by Crippen LogP contribution is 2.19. The minimum absolute atomic E-state index is 0.0767. The fraction of sp³-hybridized carbons (Fsp3) is 0.143. The number of aryl methyl sites for hydroxylation is 1. The molecule has 2 aromatic carbocycles. The predicted octanol–water partition coefficient (Wildman–Crippen LogP) is 4.73. The normalized spacial score (nSPS) is 10.4. The molecule has 0 aliphatic rings. The van der Waals surface area contributed by atoms with Crippen molar-refractivity contribution in [3.05, 3.63) is 82.8 Å². The van der Waals surface area contributed by atoms with Gasteiger partial charge in [0.15, 0.2) is 5.76 Å². The number of hydrogen-bond donors (Lipinski definition) is 1. The van der Waals surface area contributed by atoms with Gasteiger partial charge >= 0.3 is 5.97 Å². The van der Waals surface area contributed by atoms with Gasteiger partial charge in [-0.1, -0.05) is 23.7 Å². The molecule has 1 aromatic heterocycles. The van der Waals surface area contributed by atoms with Crippen LogP contribution in [0.15, 0.2) is 65.3 Å². The van der Waals surface area contributed by atoms with Gasteiger partial charge in [-0.2, -0.15) is 0 Å². The summed E-state index contributed by atoms with van der Waals surface area (Å²) in [6, 6.07) is 15.1. The molecule has 0 aliphatic carbocycles. The summed E-state index contributed by atoms with van der Waals surface area (Å²) >= 11 is 5.88. The summed E-state index contributed by atoms with van der Waals surface area (Å²) in [6.45, 7) is 2.10. The molecule has 144 valence electrons. The SMILES string of the molecule is Cc1ccc(C(=O)OCCOc2cccc(Cl)c2)cc1NC(=O)c1ccco1. The molecule has 0 aliphatic heterocycles. The number of amides is 1. The van der Waals surface area contributed by atoms with Gasteiger partial charge in [0.05, 0.1) is 11.8 Å². The highest BCUT2D eigenvalue weighted by atomic mass is 35.5. The minimum atomic E-state index is -0.511. The van der Waals surface area contributed by atoms with Gasteiger partial charge in [0.1, 0.15) is 19.0 Å². The van der Waals surface area contributed by atoms with Crippen LogP contribution in [0.5, 0.6) is 5.75 Å². The van der Waals surface area contributed by atoms with E-state index < -0.39 is 11.9 Å². The van der Waals surface area contributed by atoms with E-state index in [1.165, 1.54) is 6.26 Å². The Hall–Kier alpha value is -3.25. The van der Waals surface area contributed by atoms with E-state index in [0.717, 1.165) is 5.56 Å². The molecule has 1 heterocycles. The van der Waals surface area contributed by atoms with Gasteiger partial charge in [0, 0.05) is 10.7 Å². The van der Waals surface area contributed by atoms with E-state index in [9.17, 15) is 9.59 Å². The molecule has 28 heavy (non-hydrogen) atoms. The molecule has 7 heteroatoms. The summed E-state index contributed by atoms with van der Waals surface area (Å²) < 4.78 is 15.8. The van der Waals surface area contributed by atoms with E-state index >= 15 is 0 Å². The summed E-state index contributed by atoms with van der Waals surface area (Å²) in [4.78, 5) is 24.4. The number of carbonyl (C=O) groups excluding carboxylic acids is 2. The number of rotatable bonds is 7. The van der Waals surface area contributed by atoms with Crippen molar-refractivity contribution in [3.63, 3.8) is 0 Å². The van der Waals surface area contributed by atoms with Gasteiger partial charge in [0.2, 0.25) is 0 Å². The zero-order chi connectivity index (χ0) is 19.9. The smallest absolute Gasteiger partial charge is 0.338 e. The lowest BCUT2D eigenvalue weighted by Gasteiger charge is -2.10. The first kappa shape index (κ1) is 19.5. The fourth-order valence-corrected chi connectivity index (χ4v) is 2.59. The zero-order valence-corrected chi connectivity index (χ0v) is 15.9. The molecule has 0 saturated heterocycles. The Kier molecular flexibility index (Phi) is 6.34. The molecule has 0 atom stereocenters. The lowest BCUT2D eigenvalue weighted by Crippen LogP contribution is -2.14. The van der Waals surface area contributed by atoms with Gasteiger partial charge < -0.3 is 19.2 Å². The maximum Gasteiger partial charge on any atom is 0.338 e. The van der Waals surface area contributed by atoms with Crippen LogP contribution in [0.1, 0.15) is 26.5 Å². The van der Waals surface area contributed by atoms with Crippen molar-refractivity contribution in [3.8, 4) is 5.75 Å². The van der Waals surface area contributed by atoms with Gasteiger partial charge in [0.25, 0.3) is 5.91 Å². The molecule has 0 unspecified atom stereocenters. The van der Waals surface area contributed by atoms with Crippen LogP contribution >= 0.6 is 11.6 Å². The Bertz CT molecular complexity index is 969. The van der Waals surface area contributed by atoms with Crippen LogP contribution in [-0.4, -0.2) is 25.1 Å². The average molecular weight is 400 g/mol. The van der Waals surface area contributed by atoms with Crippen LogP contribution in [-0.2, 0) is 4.74 Å². The number of hydrogen-bond acceptors (Lipinski definition) is 5. The van der Waals surface area contributed by atoms with Crippen LogP contribution < -0.4 is 10.1 Å². The van der Waals surface area contributed by atoms with Crippen LogP contribution in [0.2, 0.25) is 5.02 Å². The largest absolute Gasteiger partial charge is 0.490 e. The molecule has 1 N–H and O–H groups in total. The molecule has 0 bridgehead atoms. The van der Waals surface area contributed by atoms with E-state index in [2.05, 4.69) is 5.32 Å². The standard InChI is InChI=1S/C21H18ClNO5/c1-14-7-8-15(12-18(14)23-20(24)19-6-3-9-27-19)21(25)28-11-10-26-17-5-2-4-16(22)13-17/h2-9,12-13H,10-11H2,1H3,(H,23,24). The summed E-state index contributed by atoms with van der Waals surface area (Å²) in [5.41, 5.74) is 1.63. The summed E-state index contributed by atoms with van der Waals surface area (Å²) in [5.74, 6) is -0.121. The highest BCUT2D eigenvalue weighted by Gasteiger charge is 2.13.